The van der Waals surface area contributed by atoms with Gasteiger partial charge in [0.25, 0.3) is 0 Å². The molecule has 0 aromatic heterocycles. The topological polar surface area (TPSA) is 9.23 Å². The molecule has 52 valence electrons. The predicted molar refractivity (Wildman–Crippen MR) is 38.4 cm³/mol. The van der Waals surface area contributed by atoms with E-state index in [1.165, 1.54) is 5.57 Å². The van der Waals surface area contributed by atoms with Gasteiger partial charge in [0.15, 0.2) is 0 Å². The van der Waals surface area contributed by atoms with Crippen molar-refractivity contribution in [2.75, 3.05) is 6.61 Å². The molecule has 0 aromatic carbocycles. The molecule has 1 aliphatic rings. The van der Waals surface area contributed by atoms with Crippen LogP contribution in [0.1, 0.15) is 26.7 Å². The van der Waals surface area contributed by atoms with E-state index in [4.69, 9.17) is 4.74 Å². The molecule has 1 atom stereocenters. The average molecular weight is 126 g/mol. The van der Waals surface area contributed by atoms with E-state index in [1.807, 2.05) is 0 Å². The number of hydrogen-bond acceptors (Lipinski definition) is 1. The lowest BCUT2D eigenvalue weighted by molar-refractivity contribution is 0.0619. The highest BCUT2D eigenvalue weighted by molar-refractivity contribution is 5.02. The van der Waals surface area contributed by atoms with Crippen molar-refractivity contribution in [1.29, 1.82) is 0 Å². The van der Waals surface area contributed by atoms with Gasteiger partial charge in [0.2, 0.25) is 0 Å². The molecule has 0 saturated carbocycles. The number of ether oxygens (including phenoxy) is 1. The quantitative estimate of drug-likeness (QED) is 0.489. The summed E-state index contributed by atoms with van der Waals surface area (Å²) in [5.41, 5.74) is 1.48. The first kappa shape index (κ1) is 6.81. The Bertz CT molecular complexity index is 116. The first-order chi connectivity index (χ1) is 4.33. The maximum atomic E-state index is 5.42. The Labute approximate surface area is 56.7 Å². The second-order valence-corrected chi connectivity index (χ2v) is 2.62. The van der Waals surface area contributed by atoms with Crippen LogP contribution in [0.3, 0.4) is 0 Å². The largest absolute Gasteiger partial charge is 0.374 e. The van der Waals surface area contributed by atoms with Gasteiger partial charge in [-0.1, -0.05) is 18.6 Å². The molecule has 0 bridgehead atoms. The van der Waals surface area contributed by atoms with Crippen LogP contribution in [-0.4, -0.2) is 12.7 Å². The molecule has 1 nitrogen and oxygen atoms in total. The highest BCUT2D eigenvalue weighted by Gasteiger charge is 2.09. The molecule has 0 saturated heterocycles. The fourth-order valence-corrected chi connectivity index (χ4v) is 1.09. The van der Waals surface area contributed by atoms with Crippen LogP contribution in [-0.2, 0) is 4.74 Å². The molecular formula is C8H14O. The summed E-state index contributed by atoms with van der Waals surface area (Å²) in [4.78, 5) is 0. The molecule has 0 aliphatic carbocycles. The Balaban J connectivity index is 2.39. The molecule has 0 radical (unpaired) electrons. The highest BCUT2D eigenvalue weighted by Crippen LogP contribution is 2.15. The molecule has 1 aliphatic heterocycles. The van der Waals surface area contributed by atoms with E-state index in [2.05, 4.69) is 19.9 Å². The summed E-state index contributed by atoms with van der Waals surface area (Å²) in [5.74, 6) is 0. The third-order valence-electron chi connectivity index (χ3n) is 1.77. The normalized spacial score (nSPS) is 27.8. The Morgan fingerprint density at radius 1 is 1.78 bits per heavy atom. The minimum atomic E-state index is 0.495. The lowest BCUT2D eigenvalue weighted by Crippen LogP contribution is -2.16. The maximum absolute atomic E-state index is 5.42. The van der Waals surface area contributed by atoms with Crippen LogP contribution in [0.25, 0.3) is 0 Å². The fourth-order valence-electron chi connectivity index (χ4n) is 1.09. The van der Waals surface area contributed by atoms with Crippen LogP contribution in [0.5, 0.6) is 0 Å². The van der Waals surface area contributed by atoms with E-state index in [0.717, 1.165) is 19.4 Å². The maximum Gasteiger partial charge on any atom is 0.0653 e. The van der Waals surface area contributed by atoms with Gasteiger partial charge in [-0.2, -0.15) is 0 Å². The molecule has 0 N–H and O–H groups in total. The van der Waals surface area contributed by atoms with Crippen molar-refractivity contribution >= 4 is 0 Å². The zero-order valence-corrected chi connectivity index (χ0v) is 6.18. The lowest BCUT2D eigenvalue weighted by Gasteiger charge is -2.19. The van der Waals surface area contributed by atoms with E-state index in [-0.39, 0.29) is 0 Å². The zero-order valence-electron chi connectivity index (χ0n) is 6.18. The van der Waals surface area contributed by atoms with Crippen molar-refractivity contribution in [1.82, 2.24) is 0 Å². The van der Waals surface area contributed by atoms with Gasteiger partial charge in [0.1, 0.15) is 0 Å². The first-order valence-corrected chi connectivity index (χ1v) is 3.60. The Kier molecular flexibility index (Phi) is 2.29. The van der Waals surface area contributed by atoms with Gasteiger partial charge in [0.05, 0.1) is 12.7 Å². The molecule has 1 heteroatoms. The van der Waals surface area contributed by atoms with E-state index < -0.39 is 0 Å². The molecule has 0 unspecified atom stereocenters. The second-order valence-electron chi connectivity index (χ2n) is 2.62. The van der Waals surface area contributed by atoms with Crippen molar-refractivity contribution in [2.24, 2.45) is 0 Å². The number of rotatable bonds is 1. The highest BCUT2D eigenvalue weighted by atomic mass is 16.5. The predicted octanol–water partition coefficient (Wildman–Crippen LogP) is 2.13. The second kappa shape index (κ2) is 3.02. The molecule has 0 fully saturated rings. The summed E-state index contributed by atoms with van der Waals surface area (Å²) in [6.07, 6.45) is 4.93. The summed E-state index contributed by atoms with van der Waals surface area (Å²) >= 11 is 0. The van der Waals surface area contributed by atoms with Gasteiger partial charge in [-0.15, -0.1) is 0 Å². The molecule has 0 amide bonds. The first-order valence-electron chi connectivity index (χ1n) is 3.60. The van der Waals surface area contributed by atoms with Crippen LogP contribution in [0.4, 0.5) is 0 Å². The van der Waals surface area contributed by atoms with E-state index >= 15 is 0 Å². The van der Waals surface area contributed by atoms with Crippen molar-refractivity contribution in [2.45, 2.75) is 32.8 Å². The van der Waals surface area contributed by atoms with Crippen molar-refractivity contribution in [3.05, 3.63) is 11.6 Å². The third kappa shape index (κ3) is 1.83. The van der Waals surface area contributed by atoms with Crippen molar-refractivity contribution in [3.63, 3.8) is 0 Å². The lowest BCUT2D eigenvalue weighted by atomic mass is 10.1. The van der Waals surface area contributed by atoms with Crippen LogP contribution in [0.15, 0.2) is 11.6 Å². The standard InChI is InChI=1S/C8H14O/c1-3-8-6-7(2)4-5-9-8/h4,8H,3,5-6H2,1-2H3/t8-/m0/s1. The summed E-state index contributed by atoms with van der Waals surface area (Å²) < 4.78 is 5.42. The van der Waals surface area contributed by atoms with Crippen LogP contribution >= 0.6 is 0 Å². The van der Waals surface area contributed by atoms with Crippen molar-refractivity contribution < 1.29 is 4.74 Å². The fraction of sp³-hybridized carbons (Fsp3) is 0.750. The average Bonchev–Trinajstić information content (AvgIpc) is 1.88. The minimum Gasteiger partial charge on any atom is -0.374 e. The Hall–Kier alpha value is -0.300. The summed E-state index contributed by atoms with van der Waals surface area (Å²) in [6.45, 7) is 5.17. The van der Waals surface area contributed by atoms with Crippen LogP contribution < -0.4 is 0 Å². The summed E-state index contributed by atoms with van der Waals surface area (Å²) in [7, 11) is 0. The molecular weight excluding hydrogens is 112 g/mol. The summed E-state index contributed by atoms with van der Waals surface area (Å²) in [5, 5.41) is 0. The third-order valence-corrected chi connectivity index (χ3v) is 1.77. The minimum absolute atomic E-state index is 0.495. The Morgan fingerprint density at radius 2 is 2.56 bits per heavy atom. The SMILES string of the molecule is CC[C@H]1CC(C)=CCO1. The van der Waals surface area contributed by atoms with Gasteiger partial charge in [-0.3, -0.25) is 0 Å². The molecule has 1 heterocycles. The Morgan fingerprint density at radius 3 is 3.00 bits per heavy atom. The molecule has 0 aromatic rings. The van der Waals surface area contributed by atoms with E-state index in [0.29, 0.717) is 6.10 Å². The smallest absolute Gasteiger partial charge is 0.0653 e. The number of hydrogen-bond donors (Lipinski definition) is 0. The van der Waals surface area contributed by atoms with Crippen LogP contribution in [0, 0.1) is 0 Å². The molecule has 9 heavy (non-hydrogen) atoms. The zero-order chi connectivity index (χ0) is 6.69. The van der Waals surface area contributed by atoms with E-state index in [9.17, 15) is 0 Å². The van der Waals surface area contributed by atoms with E-state index in [1.54, 1.807) is 0 Å². The van der Waals surface area contributed by atoms with Gasteiger partial charge < -0.3 is 4.74 Å². The van der Waals surface area contributed by atoms with Gasteiger partial charge in [0, 0.05) is 0 Å². The van der Waals surface area contributed by atoms with Gasteiger partial charge in [-0.25, -0.2) is 0 Å². The summed E-state index contributed by atoms with van der Waals surface area (Å²) in [6, 6.07) is 0. The van der Waals surface area contributed by atoms with Crippen molar-refractivity contribution in [3.8, 4) is 0 Å². The van der Waals surface area contributed by atoms with Crippen LogP contribution in [0.2, 0.25) is 0 Å². The molecule has 1 rings (SSSR count). The molecule has 0 spiro atoms. The monoisotopic (exact) mass is 126 g/mol. The van der Waals surface area contributed by atoms with Gasteiger partial charge >= 0.3 is 0 Å². The van der Waals surface area contributed by atoms with Gasteiger partial charge in [-0.05, 0) is 19.8 Å².